The van der Waals surface area contributed by atoms with Crippen LogP contribution in [0.5, 0.6) is 0 Å². The van der Waals surface area contributed by atoms with E-state index in [-0.39, 0.29) is 0 Å². The molecule has 1 unspecified atom stereocenters. The zero-order valence-electron chi connectivity index (χ0n) is 9.53. The number of hydrogen-bond donors (Lipinski definition) is 1. The minimum atomic E-state index is 0.508. The maximum atomic E-state index is 3.65. The molecule has 0 aromatic heterocycles. The molecule has 1 heterocycles. The van der Waals surface area contributed by atoms with Crippen molar-refractivity contribution in [3.63, 3.8) is 0 Å². The van der Waals surface area contributed by atoms with Gasteiger partial charge in [-0.1, -0.05) is 33.6 Å². The molecule has 0 aromatic carbocycles. The third-order valence-corrected chi connectivity index (χ3v) is 2.91. The van der Waals surface area contributed by atoms with Gasteiger partial charge in [0.15, 0.2) is 0 Å². The second-order valence-corrected chi connectivity index (χ2v) is 5.60. The smallest absolute Gasteiger partial charge is 0.00672 e. The molecule has 13 heavy (non-hydrogen) atoms. The Bertz CT molecular complexity index is 127. The van der Waals surface area contributed by atoms with Crippen molar-refractivity contribution in [3.8, 4) is 0 Å². The lowest BCUT2D eigenvalue weighted by atomic mass is 9.88. The van der Waals surface area contributed by atoms with Crippen molar-refractivity contribution in [1.82, 2.24) is 5.32 Å². The van der Waals surface area contributed by atoms with Gasteiger partial charge in [0.2, 0.25) is 0 Å². The molecule has 78 valence electrons. The number of rotatable bonds is 2. The van der Waals surface area contributed by atoms with E-state index in [1.54, 1.807) is 0 Å². The Balaban J connectivity index is 2.19. The van der Waals surface area contributed by atoms with Crippen molar-refractivity contribution < 1.29 is 0 Å². The second-order valence-electron chi connectivity index (χ2n) is 5.60. The Morgan fingerprint density at radius 2 is 1.92 bits per heavy atom. The minimum absolute atomic E-state index is 0.508. The first-order valence-corrected chi connectivity index (χ1v) is 5.81. The van der Waals surface area contributed by atoms with Crippen LogP contribution in [0.4, 0.5) is 0 Å². The van der Waals surface area contributed by atoms with Gasteiger partial charge in [0, 0.05) is 6.04 Å². The Morgan fingerprint density at radius 3 is 2.62 bits per heavy atom. The molecule has 0 radical (unpaired) electrons. The fraction of sp³-hybridized carbons (Fsp3) is 1.00. The highest BCUT2D eigenvalue weighted by molar-refractivity contribution is 4.73. The Kier molecular flexibility index (Phi) is 4.24. The van der Waals surface area contributed by atoms with Crippen LogP contribution in [-0.4, -0.2) is 12.6 Å². The second kappa shape index (κ2) is 4.99. The SMILES string of the molecule is CC(C)(C)CCC1CCCCCN1. The normalized spacial score (nSPS) is 25.6. The summed E-state index contributed by atoms with van der Waals surface area (Å²) in [6.07, 6.45) is 8.36. The summed E-state index contributed by atoms with van der Waals surface area (Å²) >= 11 is 0. The topological polar surface area (TPSA) is 12.0 Å². The van der Waals surface area contributed by atoms with Crippen molar-refractivity contribution in [2.24, 2.45) is 5.41 Å². The van der Waals surface area contributed by atoms with Crippen LogP contribution in [0, 0.1) is 5.41 Å². The van der Waals surface area contributed by atoms with E-state index in [1.807, 2.05) is 0 Å². The highest BCUT2D eigenvalue weighted by Gasteiger charge is 2.15. The fourth-order valence-corrected chi connectivity index (χ4v) is 1.95. The third kappa shape index (κ3) is 5.30. The molecule has 1 heteroatoms. The van der Waals surface area contributed by atoms with Gasteiger partial charge in [-0.05, 0) is 37.6 Å². The van der Waals surface area contributed by atoms with Crippen LogP contribution in [-0.2, 0) is 0 Å². The average molecular weight is 183 g/mol. The molecule has 0 aliphatic carbocycles. The summed E-state index contributed by atoms with van der Waals surface area (Å²) in [6.45, 7) is 8.26. The molecule has 1 atom stereocenters. The van der Waals surface area contributed by atoms with Crippen LogP contribution >= 0.6 is 0 Å². The van der Waals surface area contributed by atoms with Crippen molar-refractivity contribution in [2.75, 3.05) is 6.54 Å². The van der Waals surface area contributed by atoms with Crippen molar-refractivity contribution in [1.29, 1.82) is 0 Å². The summed E-state index contributed by atoms with van der Waals surface area (Å²) in [5, 5.41) is 3.65. The van der Waals surface area contributed by atoms with Gasteiger partial charge in [-0.15, -0.1) is 0 Å². The standard InChI is InChI=1S/C12H25N/c1-12(2,3)9-8-11-7-5-4-6-10-13-11/h11,13H,4-10H2,1-3H3. The number of hydrogen-bond acceptors (Lipinski definition) is 1. The average Bonchev–Trinajstić information content (AvgIpc) is 2.26. The summed E-state index contributed by atoms with van der Waals surface area (Å²) in [5.74, 6) is 0. The first-order valence-electron chi connectivity index (χ1n) is 5.81. The monoisotopic (exact) mass is 183 g/mol. The molecular weight excluding hydrogens is 158 g/mol. The van der Waals surface area contributed by atoms with E-state index in [9.17, 15) is 0 Å². The molecule has 1 aliphatic rings. The van der Waals surface area contributed by atoms with Gasteiger partial charge in [-0.3, -0.25) is 0 Å². The van der Waals surface area contributed by atoms with Crippen LogP contribution in [0.25, 0.3) is 0 Å². The highest BCUT2D eigenvalue weighted by atomic mass is 14.9. The largest absolute Gasteiger partial charge is 0.314 e. The fourth-order valence-electron chi connectivity index (χ4n) is 1.95. The zero-order valence-corrected chi connectivity index (χ0v) is 9.53. The van der Waals surface area contributed by atoms with Gasteiger partial charge in [0.25, 0.3) is 0 Å². The molecule has 0 saturated carbocycles. The molecule has 1 saturated heterocycles. The first-order chi connectivity index (χ1) is 6.08. The van der Waals surface area contributed by atoms with Gasteiger partial charge in [-0.2, -0.15) is 0 Å². The zero-order chi connectivity index (χ0) is 9.73. The van der Waals surface area contributed by atoms with E-state index >= 15 is 0 Å². The van der Waals surface area contributed by atoms with E-state index in [0.29, 0.717) is 5.41 Å². The molecule has 1 rings (SSSR count). The summed E-state index contributed by atoms with van der Waals surface area (Å²) < 4.78 is 0. The maximum Gasteiger partial charge on any atom is 0.00672 e. The van der Waals surface area contributed by atoms with Crippen LogP contribution in [0.2, 0.25) is 0 Å². The Hall–Kier alpha value is -0.0400. The number of nitrogens with one attached hydrogen (secondary N) is 1. The summed E-state index contributed by atoms with van der Waals surface area (Å²) in [7, 11) is 0. The van der Waals surface area contributed by atoms with Crippen LogP contribution in [0.3, 0.4) is 0 Å². The van der Waals surface area contributed by atoms with E-state index in [2.05, 4.69) is 26.1 Å². The van der Waals surface area contributed by atoms with E-state index in [1.165, 1.54) is 45.1 Å². The minimum Gasteiger partial charge on any atom is -0.314 e. The van der Waals surface area contributed by atoms with Crippen LogP contribution in [0.15, 0.2) is 0 Å². The molecule has 1 fully saturated rings. The first kappa shape index (κ1) is 11.0. The molecule has 0 spiro atoms. The third-order valence-electron chi connectivity index (χ3n) is 2.91. The van der Waals surface area contributed by atoms with Gasteiger partial charge in [0.1, 0.15) is 0 Å². The van der Waals surface area contributed by atoms with Gasteiger partial charge >= 0.3 is 0 Å². The molecular formula is C12H25N. The molecule has 1 aliphatic heterocycles. The lowest BCUT2D eigenvalue weighted by molar-refractivity contribution is 0.327. The molecule has 0 bridgehead atoms. The Labute approximate surface area is 83.3 Å². The summed E-state index contributed by atoms with van der Waals surface area (Å²) in [4.78, 5) is 0. The van der Waals surface area contributed by atoms with E-state index in [4.69, 9.17) is 0 Å². The summed E-state index contributed by atoms with van der Waals surface area (Å²) in [6, 6.07) is 0.807. The predicted molar refractivity (Wildman–Crippen MR) is 58.9 cm³/mol. The quantitative estimate of drug-likeness (QED) is 0.692. The van der Waals surface area contributed by atoms with Crippen LogP contribution < -0.4 is 5.32 Å². The molecule has 0 aromatic rings. The summed E-state index contributed by atoms with van der Waals surface area (Å²) in [5.41, 5.74) is 0.508. The lowest BCUT2D eigenvalue weighted by Crippen LogP contribution is -2.29. The van der Waals surface area contributed by atoms with E-state index in [0.717, 1.165) is 6.04 Å². The molecule has 1 N–H and O–H groups in total. The highest BCUT2D eigenvalue weighted by Crippen LogP contribution is 2.23. The lowest BCUT2D eigenvalue weighted by Gasteiger charge is -2.22. The Morgan fingerprint density at radius 1 is 1.15 bits per heavy atom. The predicted octanol–water partition coefficient (Wildman–Crippen LogP) is 3.34. The van der Waals surface area contributed by atoms with Crippen molar-refractivity contribution >= 4 is 0 Å². The van der Waals surface area contributed by atoms with Gasteiger partial charge < -0.3 is 5.32 Å². The van der Waals surface area contributed by atoms with Gasteiger partial charge in [0.05, 0.1) is 0 Å². The van der Waals surface area contributed by atoms with Crippen molar-refractivity contribution in [2.45, 2.75) is 65.3 Å². The maximum absolute atomic E-state index is 3.65. The molecule has 1 nitrogen and oxygen atoms in total. The van der Waals surface area contributed by atoms with Crippen LogP contribution in [0.1, 0.15) is 59.3 Å². The van der Waals surface area contributed by atoms with Gasteiger partial charge in [-0.25, -0.2) is 0 Å². The van der Waals surface area contributed by atoms with E-state index < -0.39 is 0 Å². The van der Waals surface area contributed by atoms with Crippen molar-refractivity contribution in [3.05, 3.63) is 0 Å². The molecule has 0 amide bonds.